The standard InChI is InChI=1S/C14H16Cl2N4O/c1-3-9-13(16)10(20(2)19-9)7-21-11-6-4-5-8(15)12(11)14(17)18/h4-6H,3,7H2,1-2H3,(H3,17,18). The Balaban J connectivity index is 2.27. The SMILES string of the molecule is CCc1nn(C)c(COc2cccc(Cl)c2C(=N)N)c1Cl. The van der Waals surface area contributed by atoms with E-state index in [1.165, 1.54) is 0 Å². The maximum atomic E-state index is 7.59. The third-order valence-corrected chi connectivity index (χ3v) is 3.86. The maximum Gasteiger partial charge on any atom is 0.132 e. The number of nitrogens with one attached hydrogen (secondary N) is 1. The quantitative estimate of drug-likeness (QED) is 0.654. The van der Waals surface area contributed by atoms with Gasteiger partial charge in [-0.25, -0.2) is 0 Å². The van der Waals surface area contributed by atoms with Gasteiger partial charge in [0, 0.05) is 7.05 Å². The first-order valence-electron chi connectivity index (χ1n) is 6.41. The predicted molar refractivity (Wildman–Crippen MR) is 84.4 cm³/mol. The highest BCUT2D eigenvalue weighted by Gasteiger charge is 2.16. The molecule has 0 saturated heterocycles. The molecule has 0 unspecified atom stereocenters. The third kappa shape index (κ3) is 3.14. The van der Waals surface area contributed by atoms with E-state index in [-0.39, 0.29) is 12.4 Å². The molecule has 5 nitrogen and oxygen atoms in total. The minimum atomic E-state index is -0.138. The summed E-state index contributed by atoms with van der Waals surface area (Å²) in [5, 5.41) is 12.9. The van der Waals surface area contributed by atoms with Crippen LogP contribution in [0.25, 0.3) is 0 Å². The van der Waals surface area contributed by atoms with Crippen LogP contribution in [0.1, 0.15) is 23.9 Å². The van der Waals surface area contributed by atoms with Crippen LogP contribution in [-0.2, 0) is 20.1 Å². The Morgan fingerprint density at radius 2 is 2.14 bits per heavy atom. The summed E-state index contributed by atoms with van der Waals surface area (Å²) in [6, 6.07) is 5.12. The monoisotopic (exact) mass is 326 g/mol. The summed E-state index contributed by atoms with van der Waals surface area (Å²) in [6.07, 6.45) is 0.753. The fraction of sp³-hybridized carbons (Fsp3) is 0.286. The molecule has 0 atom stereocenters. The van der Waals surface area contributed by atoms with Crippen molar-refractivity contribution in [3.63, 3.8) is 0 Å². The normalized spacial score (nSPS) is 10.7. The van der Waals surface area contributed by atoms with Gasteiger partial charge in [-0.1, -0.05) is 36.2 Å². The number of halogens is 2. The van der Waals surface area contributed by atoms with E-state index in [1.807, 2.05) is 14.0 Å². The van der Waals surface area contributed by atoms with Gasteiger partial charge in [-0.15, -0.1) is 0 Å². The van der Waals surface area contributed by atoms with E-state index >= 15 is 0 Å². The number of amidine groups is 1. The summed E-state index contributed by atoms with van der Waals surface area (Å²) in [4.78, 5) is 0. The van der Waals surface area contributed by atoms with Gasteiger partial charge in [0.1, 0.15) is 18.2 Å². The van der Waals surface area contributed by atoms with Crippen LogP contribution in [0.3, 0.4) is 0 Å². The molecule has 0 saturated carbocycles. The number of rotatable bonds is 5. The lowest BCUT2D eigenvalue weighted by atomic mass is 10.2. The van der Waals surface area contributed by atoms with Gasteiger partial charge in [0.15, 0.2) is 0 Å². The average molecular weight is 327 g/mol. The van der Waals surface area contributed by atoms with Crippen LogP contribution in [0.2, 0.25) is 10.0 Å². The molecule has 7 heteroatoms. The van der Waals surface area contributed by atoms with Gasteiger partial charge in [-0.2, -0.15) is 5.10 Å². The van der Waals surface area contributed by atoms with Crippen molar-refractivity contribution in [3.8, 4) is 5.75 Å². The van der Waals surface area contributed by atoms with Gasteiger partial charge in [-0.3, -0.25) is 10.1 Å². The molecule has 0 fully saturated rings. The van der Waals surface area contributed by atoms with E-state index < -0.39 is 0 Å². The highest BCUT2D eigenvalue weighted by molar-refractivity contribution is 6.34. The zero-order valence-electron chi connectivity index (χ0n) is 11.8. The zero-order chi connectivity index (χ0) is 15.6. The molecule has 2 aromatic rings. The second-order valence-electron chi connectivity index (χ2n) is 4.50. The molecule has 0 aliphatic rings. The number of hydrogen-bond acceptors (Lipinski definition) is 3. The molecule has 1 aromatic carbocycles. The van der Waals surface area contributed by atoms with Crippen molar-refractivity contribution in [2.75, 3.05) is 0 Å². The number of aromatic nitrogens is 2. The molecule has 21 heavy (non-hydrogen) atoms. The number of ether oxygens (including phenoxy) is 1. The number of nitrogens with two attached hydrogens (primary N) is 1. The maximum absolute atomic E-state index is 7.59. The number of nitrogens with zero attached hydrogens (tertiary/aromatic N) is 2. The van der Waals surface area contributed by atoms with Crippen LogP contribution >= 0.6 is 23.2 Å². The third-order valence-electron chi connectivity index (χ3n) is 3.11. The van der Waals surface area contributed by atoms with Crippen LogP contribution in [0.4, 0.5) is 0 Å². The van der Waals surface area contributed by atoms with E-state index in [1.54, 1.807) is 22.9 Å². The molecular weight excluding hydrogens is 311 g/mol. The molecule has 0 amide bonds. The second kappa shape index (κ2) is 6.37. The van der Waals surface area contributed by atoms with E-state index in [2.05, 4.69) is 5.10 Å². The summed E-state index contributed by atoms with van der Waals surface area (Å²) >= 11 is 12.3. The Bertz CT molecular complexity index is 682. The van der Waals surface area contributed by atoms with Gasteiger partial charge >= 0.3 is 0 Å². The smallest absolute Gasteiger partial charge is 0.132 e. The molecule has 0 spiro atoms. The number of aryl methyl sites for hydroxylation is 2. The van der Waals surface area contributed by atoms with Crippen molar-refractivity contribution in [2.45, 2.75) is 20.0 Å². The van der Waals surface area contributed by atoms with Crippen LogP contribution in [0.5, 0.6) is 5.75 Å². The van der Waals surface area contributed by atoms with Gasteiger partial charge in [0.05, 0.1) is 27.0 Å². The molecule has 3 N–H and O–H groups in total. The average Bonchev–Trinajstić information content (AvgIpc) is 2.70. The van der Waals surface area contributed by atoms with Crippen molar-refractivity contribution in [3.05, 3.63) is 45.2 Å². The first-order chi connectivity index (χ1) is 9.95. The van der Waals surface area contributed by atoms with Crippen LogP contribution in [0, 0.1) is 5.41 Å². The highest BCUT2D eigenvalue weighted by Crippen LogP contribution is 2.28. The van der Waals surface area contributed by atoms with Crippen LogP contribution in [0.15, 0.2) is 18.2 Å². The summed E-state index contributed by atoms with van der Waals surface area (Å²) in [7, 11) is 1.81. The van der Waals surface area contributed by atoms with Crippen molar-refractivity contribution in [1.82, 2.24) is 9.78 Å². The Morgan fingerprint density at radius 1 is 1.43 bits per heavy atom. The van der Waals surface area contributed by atoms with Gasteiger partial charge in [0.2, 0.25) is 0 Å². The zero-order valence-corrected chi connectivity index (χ0v) is 13.3. The van der Waals surface area contributed by atoms with Gasteiger partial charge in [-0.05, 0) is 18.6 Å². The van der Waals surface area contributed by atoms with Gasteiger partial charge in [0.25, 0.3) is 0 Å². The fourth-order valence-corrected chi connectivity index (χ4v) is 2.62. The van der Waals surface area contributed by atoms with E-state index in [4.69, 9.17) is 39.1 Å². The molecule has 0 aliphatic heterocycles. The minimum absolute atomic E-state index is 0.138. The largest absolute Gasteiger partial charge is 0.486 e. The molecule has 112 valence electrons. The molecule has 1 heterocycles. The minimum Gasteiger partial charge on any atom is -0.486 e. The number of hydrogen-bond donors (Lipinski definition) is 2. The van der Waals surface area contributed by atoms with Crippen molar-refractivity contribution in [1.29, 1.82) is 5.41 Å². The van der Waals surface area contributed by atoms with Gasteiger partial charge < -0.3 is 10.5 Å². The van der Waals surface area contributed by atoms with Crippen molar-refractivity contribution in [2.24, 2.45) is 12.8 Å². The van der Waals surface area contributed by atoms with E-state index in [0.717, 1.165) is 17.8 Å². The van der Waals surface area contributed by atoms with Crippen LogP contribution in [-0.4, -0.2) is 15.6 Å². The summed E-state index contributed by atoms with van der Waals surface area (Å²) in [5.74, 6) is 0.311. The molecular formula is C14H16Cl2N4O. The Labute approximate surface area is 133 Å². The topological polar surface area (TPSA) is 76.9 Å². The molecule has 0 radical (unpaired) electrons. The van der Waals surface area contributed by atoms with E-state index in [9.17, 15) is 0 Å². The molecule has 2 rings (SSSR count). The summed E-state index contributed by atoms with van der Waals surface area (Å²) in [5.41, 5.74) is 7.52. The second-order valence-corrected chi connectivity index (χ2v) is 5.29. The first-order valence-corrected chi connectivity index (χ1v) is 7.17. The highest BCUT2D eigenvalue weighted by atomic mass is 35.5. The molecule has 1 aromatic heterocycles. The number of nitrogen functional groups attached to an aromatic ring is 1. The van der Waals surface area contributed by atoms with Crippen molar-refractivity contribution >= 4 is 29.0 Å². The first kappa shape index (κ1) is 15.7. The van der Waals surface area contributed by atoms with Crippen LogP contribution < -0.4 is 10.5 Å². The lowest BCUT2D eigenvalue weighted by Gasteiger charge is -2.12. The Morgan fingerprint density at radius 3 is 2.71 bits per heavy atom. The number of benzene rings is 1. The predicted octanol–water partition coefficient (Wildman–Crippen LogP) is 3.15. The summed E-state index contributed by atoms with van der Waals surface area (Å²) < 4.78 is 7.43. The van der Waals surface area contributed by atoms with Crippen molar-refractivity contribution < 1.29 is 4.74 Å². The lowest BCUT2D eigenvalue weighted by Crippen LogP contribution is -2.14. The molecule has 0 aliphatic carbocycles. The fourth-order valence-electron chi connectivity index (χ4n) is 2.01. The molecule has 0 bridgehead atoms. The lowest BCUT2D eigenvalue weighted by molar-refractivity contribution is 0.294. The Hall–Kier alpha value is -1.72. The Kier molecular flexibility index (Phi) is 4.75. The summed E-state index contributed by atoms with van der Waals surface area (Å²) in [6.45, 7) is 2.21. The van der Waals surface area contributed by atoms with E-state index in [0.29, 0.717) is 21.4 Å².